The zero-order valence-electron chi connectivity index (χ0n) is 15.8. The first kappa shape index (κ1) is 22.1. The number of piperidine rings is 1. The summed E-state index contributed by atoms with van der Waals surface area (Å²) in [5, 5.41) is 2.73. The van der Waals surface area contributed by atoms with Crippen molar-refractivity contribution in [2.24, 2.45) is 5.92 Å². The standard InChI is InChI=1S/C20H19BrF3N3O3/c21-15-6-7-17(25-10-15)26-19(29)13-3-2-8-27(11-13)18(28)12-30-16-5-1-4-14(9-16)20(22,23)24/h1,4-7,9-10,13H,2-3,8,11-12H2,(H,25,26,29)/t13-/m0/s1. The summed E-state index contributed by atoms with van der Waals surface area (Å²) in [6.45, 7) is 0.280. The van der Waals surface area contributed by atoms with Crippen molar-refractivity contribution in [3.05, 3.63) is 52.6 Å². The molecule has 2 heterocycles. The minimum atomic E-state index is -4.49. The Hall–Kier alpha value is -2.62. The van der Waals surface area contributed by atoms with Gasteiger partial charge in [-0.15, -0.1) is 0 Å². The zero-order valence-corrected chi connectivity index (χ0v) is 17.4. The number of alkyl halides is 3. The van der Waals surface area contributed by atoms with E-state index in [2.05, 4.69) is 26.2 Å². The van der Waals surface area contributed by atoms with Gasteiger partial charge in [0.05, 0.1) is 11.5 Å². The van der Waals surface area contributed by atoms with Gasteiger partial charge in [0.2, 0.25) is 5.91 Å². The molecule has 160 valence electrons. The fraction of sp³-hybridized carbons (Fsp3) is 0.350. The number of benzene rings is 1. The number of nitrogens with one attached hydrogen (secondary N) is 1. The molecule has 6 nitrogen and oxygen atoms in total. The summed E-state index contributed by atoms with van der Waals surface area (Å²) in [6, 6.07) is 7.79. The van der Waals surface area contributed by atoms with Crippen molar-refractivity contribution >= 4 is 33.6 Å². The molecule has 0 saturated carbocycles. The van der Waals surface area contributed by atoms with Gasteiger partial charge >= 0.3 is 6.18 Å². The molecule has 0 aliphatic carbocycles. The van der Waals surface area contributed by atoms with Crippen molar-refractivity contribution < 1.29 is 27.5 Å². The van der Waals surface area contributed by atoms with Gasteiger partial charge in [0.15, 0.2) is 6.61 Å². The van der Waals surface area contributed by atoms with Crippen molar-refractivity contribution in [3.63, 3.8) is 0 Å². The fourth-order valence-corrected chi connectivity index (χ4v) is 3.33. The number of likely N-dealkylation sites (tertiary alicyclic amines) is 1. The second kappa shape index (κ2) is 9.46. The summed E-state index contributed by atoms with van der Waals surface area (Å²) < 4.78 is 44.4. The highest BCUT2D eigenvalue weighted by molar-refractivity contribution is 9.10. The lowest BCUT2D eigenvalue weighted by atomic mass is 9.97. The van der Waals surface area contributed by atoms with Gasteiger partial charge in [-0.25, -0.2) is 4.98 Å². The molecule has 1 saturated heterocycles. The first-order valence-corrected chi connectivity index (χ1v) is 10.0. The largest absolute Gasteiger partial charge is 0.484 e. The number of rotatable bonds is 5. The molecule has 2 aromatic rings. The molecule has 0 unspecified atom stereocenters. The number of ether oxygens (including phenoxy) is 1. The van der Waals surface area contributed by atoms with E-state index in [9.17, 15) is 22.8 Å². The van der Waals surface area contributed by atoms with Crippen molar-refractivity contribution in [1.29, 1.82) is 0 Å². The van der Waals surface area contributed by atoms with E-state index < -0.39 is 24.3 Å². The lowest BCUT2D eigenvalue weighted by molar-refractivity contribution is -0.137. The highest BCUT2D eigenvalue weighted by Crippen LogP contribution is 2.31. The number of halogens is 4. The van der Waals surface area contributed by atoms with Crippen LogP contribution in [0.3, 0.4) is 0 Å². The Balaban J connectivity index is 1.54. The summed E-state index contributed by atoms with van der Waals surface area (Å²) in [5.74, 6) is -0.639. The number of amides is 2. The van der Waals surface area contributed by atoms with Crippen LogP contribution in [0.4, 0.5) is 19.0 Å². The van der Waals surface area contributed by atoms with Crippen LogP contribution in [0.2, 0.25) is 0 Å². The topological polar surface area (TPSA) is 71.5 Å². The SMILES string of the molecule is O=C(Nc1ccc(Br)cn1)[C@H]1CCCN(C(=O)COc2cccc(C(F)(F)F)c2)C1. The van der Waals surface area contributed by atoms with Crippen molar-refractivity contribution in [1.82, 2.24) is 9.88 Å². The van der Waals surface area contributed by atoms with Gasteiger partial charge in [-0.1, -0.05) is 6.07 Å². The lowest BCUT2D eigenvalue weighted by Crippen LogP contribution is -2.45. The Morgan fingerprint density at radius 2 is 2.07 bits per heavy atom. The maximum Gasteiger partial charge on any atom is 0.416 e. The first-order chi connectivity index (χ1) is 14.2. The second-order valence-electron chi connectivity index (χ2n) is 6.84. The van der Waals surface area contributed by atoms with Crippen LogP contribution in [0.1, 0.15) is 18.4 Å². The van der Waals surface area contributed by atoms with E-state index in [1.807, 2.05) is 0 Å². The normalized spacial score (nSPS) is 16.8. The molecule has 1 atom stereocenters. The number of hydrogen-bond donors (Lipinski definition) is 1. The molecule has 30 heavy (non-hydrogen) atoms. The van der Waals surface area contributed by atoms with E-state index in [0.29, 0.717) is 25.2 Å². The number of anilines is 1. The highest BCUT2D eigenvalue weighted by Gasteiger charge is 2.31. The summed E-state index contributed by atoms with van der Waals surface area (Å²) in [6.07, 6.45) is -1.65. The molecule has 1 aromatic heterocycles. The van der Waals surface area contributed by atoms with Gasteiger partial charge in [0.25, 0.3) is 5.91 Å². The average molecular weight is 486 g/mol. The number of nitrogens with zero attached hydrogens (tertiary/aromatic N) is 2. The zero-order chi connectivity index (χ0) is 21.7. The summed E-state index contributed by atoms with van der Waals surface area (Å²) in [7, 11) is 0. The van der Waals surface area contributed by atoms with E-state index in [-0.39, 0.29) is 24.1 Å². The van der Waals surface area contributed by atoms with E-state index in [1.54, 1.807) is 18.3 Å². The molecule has 3 rings (SSSR count). The van der Waals surface area contributed by atoms with Gasteiger partial charge in [-0.05, 0) is 59.1 Å². The molecule has 1 fully saturated rings. The predicted molar refractivity (Wildman–Crippen MR) is 107 cm³/mol. The molecule has 1 aliphatic heterocycles. The minimum Gasteiger partial charge on any atom is -0.484 e. The predicted octanol–water partition coefficient (Wildman–Crippen LogP) is 4.12. The quantitative estimate of drug-likeness (QED) is 0.691. The van der Waals surface area contributed by atoms with Crippen LogP contribution in [0.25, 0.3) is 0 Å². The molecule has 0 spiro atoms. The van der Waals surface area contributed by atoms with Crippen LogP contribution in [-0.4, -0.2) is 41.4 Å². The van der Waals surface area contributed by atoms with Gasteiger partial charge in [0, 0.05) is 23.8 Å². The summed E-state index contributed by atoms with van der Waals surface area (Å²) in [5.41, 5.74) is -0.844. The molecular formula is C20H19BrF3N3O3. The third-order valence-corrected chi connectivity index (χ3v) is 5.12. The van der Waals surface area contributed by atoms with Crippen LogP contribution in [0.5, 0.6) is 5.75 Å². The van der Waals surface area contributed by atoms with Crippen LogP contribution in [0, 0.1) is 5.92 Å². The molecule has 2 amide bonds. The summed E-state index contributed by atoms with van der Waals surface area (Å²) >= 11 is 3.27. The van der Waals surface area contributed by atoms with Crippen molar-refractivity contribution in [3.8, 4) is 5.75 Å². The smallest absolute Gasteiger partial charge is 0.416 e. The first-order valence-electron chi connectivity index (χ1n) is 9.22. The lowest BCUT2D eigenvalue weighted by Gasteiger charge is -2.32. The van der Waals surface area contributed by atoms with E-state index in [1.165, 1.54) is 17.0 Å². The number of pyridine rings is 1. The number of carbonyl (C=O) groups is 2. The monoisotopic (exact) mass is 485 g/mol. The van der Waals surface area contributed by atoms with Gasteiger partial charge in [-0.2, -0.15) is 13.2 Å². The fourth-order valence-electron chi connectivity index (χ4n) is 3.09. The molecule has 1 aliphatic rings. The number of carbonyl (C=O) groups excluding carboxylic acids is 2. The van der Waals surface area contributed by atoms with Gasteiger partial charge < -0.3 is 15.0 Å². The molecule has 10 heteroatoms. The van der Waals surface area contributed by atoms with E-state index in [0.717, 1.165) is 16.6 Å². The molecular weight excluding hydrogens is 467 g/mol. The van der Waals surface area contributed by atoms with Gasteiger partial charge in [-0.3, -0.25) is 9.59 Å². The molecule has 0 radical (unpaired) electrons. The average Bonchev–Trinajstić information content (AvgIpc) is 2.73. The Morgan fingerprint density at radius 1 is 1.27 bits per heavy atom. The van der Waals surface area contributed by atoms with Crippen LogP contribution in [0.15, 0.2) is 47.1 Å². The Kier molecular flexibility index (Phi) is 6.96. The van der Waals surface area contributed by atoms with Crippen molar-refractivity contribution in [2.45, 2.75) is 19.0 Å². The number of hydrogen-bond acceptors (Lipinski definition) is 4. The molecule has 1 N–H and O–H groups in total. The second-order valence-corrected chi connectivity index (χ2v) is 7.76. The Morgan fingerprint density at radius 3 is 2.77 bits per heavy atom. The van der Waals surface area contributed by atoms with Gasteiger partial charge in [0.1, 0.15) is 11.6 Å². The summed E-state index contributed by atoms with van der Waals surface area (Å²) in [4.78, 5) is 30.5. The minimum absolute atomic E-state index is 0.0363. The van der Waals surface area contributed by atoms with Crippen LogP contribution < -0.4 is 10.1 Å². The maximum absolute atomic E-state index is 12.8. The highest BCUT2D eigenvalue weighted by atomic mass is 79.9. The van der Waals surface area contributed by atoms with Crippen LogP contribution >= 0.6 is 15.9 Å². The van der Waals surface area contributed by atoms with E-state index >= 15 is 0 Å². The molecule has 1 aromatic carbocycles. The number of aromatic nitrogens is 1. The Bertz CT molecular complexity index is 906. The molecule has 0 bridgehead atoms. The maximum atomic E-state index is 12.8. The van der Waals surface area contributed by atoms with Crippen molar-refractivity contribution in [2.75, 3.05) is 25.0 Å². The third-order valence-electron chi connectivity index (χ3n) is 4.65. The third kappa shape index (κ3) is 5.94. The van der Waals surface area contributed by atoms with Crippen LogP contribution in [-0.2, 0) is 15.8 Å². The van der Waals surface area contributed by atoms with E-state index in [4.69, 9.17) is 4.74 Å². The Labute approximate surface area is 179 Å².